The molecule has 5 nitrogen and oxygen atoms in total. The predicted octanol–water partition coefficient (Wildman–Crippen LogP) is 4.02. The lowest BCUT2D eigenvalue weighted by atomic mass is 10.1. The number of hydrogen-bond donors (Lipinski definition) is 1. The number of rotatable bonds is 4. The van der Waals surface area contributed by atoms with Gasteiger partial charge in [-0.25, -0.2) is 0 Å². The topological polar surface area (TPSA) is 70.5 Å². The van der Waals surface area contributed by atoms with Crippen LogP contribution in [0.2, 0.25) is 0 Å². The van der Waals surface area contributed by atoms with Gasteiger partial charge >= 0.3 is 0 Å². The van der Waals surface area contributed by atoms with Gasteiger partial charge in [0.25, 0.3) is 0 Å². The van der Waals surface area contributed by atoms with Crippen LogP contribution in [0.15, 0.2) is 27.2 Å². The van der Waals surface area contributed by atoms with Crippen molar-refractivity contribution < 1.29 is 14.0 Å². The van der Waals surface area contributed by atoms with Gasteiger partial charge in [0.05, 0.1) is 13.2 Å². The van der Waals surface area contributed by atoms with Crippen LogP contribution in [0, 0.1) is 0 Å². The molecule has 0 saturated heterocycles. The number of ether oxygens (including phenoxy) is 2. The summed E-state index contributed by atoms with van der Waals surface area (Å²) in [6.45, 7) is 0. The largest absolute Gasteiger partial charge is 0.493 e. The van der Waals surface area contributed by atoms with Gasteiger partial charge in [-0.05, 0) is 53.7 Å². The third kappa shape index (κ3) is 3.00. The summed E-state index contributed by atoms with van der Waals surface area (Å²) in [5.41, 5.74) is 7.09. The Bertz CT molecular complexity index is 636. The number of anilines is 1. The minimum absolute atomic E-state index is 0.277. The Hall–Kier alpha value is -1.69. The molecule has 0 aliphatic heterocycles. The van der Waals surface area contributed by atoms with Gasteiger partial charge in [-0.3, -0.25) is 0 Å². The van der Waals surface area contributed by atoms with Crippen molar-refractivity contribution in [3.63, 3.8) is 0 Å². The third-order valence-corrected chi connectivity index (χ3v) is 4.31. The zero-order valence-electron chi connectivity index (χ0n) is 11.8. The molecule has 112 valence electrons. The van der Waals surface area contributed by atoms with Crippen LogP contribution >= 0.6 is 15.9 Å². The van der Waals surface area contributed by atoms with Crippen LogP contribution in [0.3, 0.4) is 0 Å². The first-order valence-electron chi connectivity index (χ1n) is 6.94. The van der Waals surface area contributed by atoms with Gasteiger partial charge in [0.2, 0.25) is 5.88 Å². The van der Waals surface area contributed by atoms with Gasteiger partial charge in [0, 0.05) is 16.1 Å². The molecule has 0 amide bonds. The molecule has 1 aromatic heterocycles. The molecular weight excluding hydrogens is 336 g/mol. The molecule has 1 aliphatic carbocycles. The second-order valence-electron chi connectivity index (χ2n) is 5.12. The number of methoxy groups -OCH3 is 1. The van der Waals surface area contributed by atoms with E-state index in [0.29, 0.717) is 11.4 Å². The molecular formula is C15H17BrN2O3. The molecule has 1 heterocycles. The molecule has 0 radical (unpaired) electrons. The number of halogens is 1. The molecule has 0 bridgehead atoms. The molecule has 2 N–H and O–H groups in total. The van der Waals surface area contributed by atoms with Crippen molar-refractivity contribution >= 4 is 21.8 Å². The van der Waals surface area contributed by atoms with Crippen LogP contribution in [-0.4, -0.2) is 18.4 Å². The van der Waals surface area contributed by atoms with E-state index in [1.165, 1.54) is 12.8 Å². The van der Waals surface area contributed by atoms with E-state index in [1.54, 1.807) is 13.2 Å². The third-order valence-electron chi connectivity index (χ3n) is 3.65. The number of nitrogens with two attached hydrogens (primary N) is 1. The fraction of sp³-hybridized carbons (Fsp3) is 0.400. The van der Waals surface area contributed by atoms with Crippen molar-refractivity contribution in [3.05, 3.63) is 22.7 Å². The zero-order chi connectivity index (χ0) is 14.8. The summed E-state index contributed by atoms with van der Waals surface area (Å²) in [7, 11) is 1.63. The molecule has 0 spiro atoms. The Labute approximate surface area is 131 Å². The van der Waals surface area contributed by atoms with E-state index in [0.717, 1.165) is 28.6 Å². The Balaban J connectivity index is 1.93. The smallest absolute Gasteiger partial charge is 0.222 e. The SMILES string of the molecule is COc1cc(-c2cc(N)on2)c(Br)cc1OC1CCCC1. The van der Waals surface area contributed by atoms with Crippen molar-refractivity contribution in [3.8, 4) is 22.8 Å². The highest BCUT2D eigenvalue weighted by atomic mass is 79.9. The van der Waals surface area contributed by atoms with E-state index in [4.69, 9.17) is 19.7 Å². The van der Waals surface area contributed by atoms with E-state index in [-0.39, 0.29) is 12.0 Å². The summed E-state index contributed by atoms with van der Waals surface area (Å²) in [5, 5.41) is 3.93. The van der Waals surface area contributed by atoms with Gasteiger partial charge in [-0.1, -0.05) is 5.16 Å². The average Bonchev–Trinajstić information content (AvgIpc) is 3.11. The normalized spacial score (nSPS) is 15.3. The Morgan fingerprint density at radius 3 is 2.62 bits per heavy atom. The fourth-order valence-electron chi connectivity index (χ4n) is 2.59. The summed E-state index contributed by atoms with van der Waals surface area (Å²) in [6.07, 6.45) is 4.93. The van der Waals surface area contributed by atoms with Gasteiger partial charge in [-0.15, -0.1) is 0 Å². The molecule has 2 aromatic rings. The van der Waals surface area contributed by atoms with Gasteiger partial charge in [-0.2, -0.15) is 0 Å². The Morgan fingerprint density at radius 2 is 2.00 bits per heavy atom. The summed E-state index contributed by atoms with van der Waals surface area (Å²) in [5.74, 6) is 1.71. The lowest BCUT2D eigenvalue weighted by Crippen LogP contribution is -2.11. The summed E-state index contributed by atoms with van der Waals surface area (Å²) >= 11 is 3.55. The molecule has 1 aromatic carbocycles. The second kappa shape index (κ2) is 5.97. The summed E-state index contributed by atoms with van der Waals surface area (Å²) in [4.78, 5) is 0. The lowest BCUT2D eigenvalue weighted by molar-refractivity contribution is 0.200. The number of benzene rings is 1. The highest BCUT2D eigenvalue weighted by Gasteiger charge is 2.20. The van der Waals surface area contributed by atoms with Crippen molar-refractivity contribution in [2.45, 2.75) is 31.8 Å². The number of nitrogens with zero attached hydrogens (tertiary/aromatic N) is 1. The van der Waals surface area contributed by atoms with Crippen molar-refractivity contribution in [1.29, 1.82) is 0 Å². The van der Waals surface area contributed by atoms with E-state index >= 15 is 0 Å². The van der Waals surface area contributed by atoms with Crippen molar-refractivity contribution in [2.24, 2.45) is 0 Å². The standard InChI is InChI=1S/C15H17BrN2O3/c1-19-13-6-10(12-8-15(17)21-18-12)11(16)7-14(13)20-9-4-2-3-5-9/h6-9H,2-5,17H2,1H3. The van der Waals surface area contributed by atoms with Gasteiger partial charge < -0.3 is 19.7 Å². The highest BCUT2D eigenvalue weighted by molar-refractivity contribution is 9.10. The first-order valence-corrected chi connectivity index (χ1v) is 7.73. The van der Waals surface area contributed by atoms with Crippen LogP contribution in [-0.2, 0) is 0 Å². The van der Waals surface area contributed by atoms with Gasteiger partial charge in [0.1, 0.15) is 5.69 Å². The maximum Gasteiger partial charge on any atom is 0.222 e. The number of hydrogen-bond acceptors (Lipinski definition) is 5. The summed E-state index contributed by atoms with van der Waals surface area (Å²) < 4.78 is 17.3. The lowest BCUT2D eigenvalue weighted by Gasteiger charge is -2.17. The van der Waals surface area contributed by atoms with E-state index in [2.05, 4.69) is 21.1 Å². The monoisotopic (exact) mass is 352 g/mol. The predicted molar refractivity (Wildman–Crippen MR) is 83.5 cm³/mol. The first-order chi connectivity index (χ1) is 10.2. The average molecular weight is 353 g/mol. The minimum atomic E-state index is 0.277. The fourth-order valence-corrected chi connectivity index (χ4v) is 3.11. The number of nitrogen functional groups attached to an aromatic ring is 1. The van der Waals surface area contributed by atoms with E-state index in [1.807, 2.05) is 12.1 Å². The van der Waals surface area contributed by atoms with Crippen LogP contribution < -0.4 is 15.2 Å². The molecule has 1 saturated carbocycles. The van der Waals surface area contributed by atoms with E-state index < -0.39 is 0 Å². The highest BCUT2D eigenvalue weighted by Crippen LogP contribution is 2.40. The first kappa shape index (κ1) is 14.3. The minimum Gasteiger partial charge on any atom is -0.493 e. The molecule has 3 rings (SSSR count). The maximum absolute atomic E-state index is 6.05. The van der Waals surface area contributed by atoms with E-state index in [9.17, 15) is 0 Å². The van der Waals surface area contributed by atoms with Gasteiger partial charge in [0.15, 0.2) is 11.5 Å². The molecule has 1 aliphatic rings. The zero-order valence-corrected chi connectivity index (χ0v) is 13.4. The quantitative estimate of drug-likeness (QED) is 0.899. The molecule has 1 fully saturated rings. The van der Waals surface area contributed by atoms with Crippen LogP contribution in [0.4, 0.5) is 5.88 Å². The van der Waals surface area contributed by atoms with Crippen LogP contribution in [0.1, 0.15) is 25.7 Å². The molecule has 6 heteroatoms. The Kier molecular flexibility index (Phi) is 4.05. The maximum atomic E-state index is 6.05. The van der Waals surface area contributed by atoms with Crippen LogP contribution in [0.5, 0.6) is 11.5 Å². The Morgan fingerprint density at radius 1 is 1.24 bits per heavy atom. The molecule has 21 heavy (non-hydrogen) atoms. The number of aromatic nitrogens is 1. The second-order valence-corrected chi connectivity index (χ2v) is 5.98. The van der Waals surface area contributed by atoms with Crippen molar-refractivity contribution in [1.82, 2.24) is 5.16 Å². The summed E-state index contributed by atoms with van der Waals surface area (Å²) in [6, 6.07) is 5.47. The van der Waals surface area contributed by atoms with Crippen molar-refractivity contribution in [2.75, 3.05) is 12.8 Å². The van der Waals surface area contributed by atoms with Crippen LogP contribution in [0.25, 0.3) is 11.3 Å². The molecule has 0 unspecified atom stereocenters. The molecule has 0 atom stereocenters.